The highest BCUT2D eigenvalue weighted by Crippen LogP contribution is 2.35. The molecule has 1 aliphatic rings. The van der Waals surface area contributed by atoms with Crippen molar-refractivity contribution < 1.29 is 18.3 Å². The van der Waals surface area contributed by atoms with Crippen molar-refractivity contribution in [3.8, 4) is 6.07 Å². The number of nitrogens with zero attached hydrogens (tertiary/aromatic N) is 3. The molecule has 2 N–H and O–H groups in total. The maximum atomic E-state index is 13.3. The molecule has 172 valence electrons. The number of rotatable bonds is 8. The summed E-state index contributed by atoms with van der Waals surface area (Å²) in [6.07, 6.45) is 7.75. The van der Waals surface area contributed by atoms with Crippen LogP contribution in [0.3, 0.4) is 0 Å². The summed E-state index contributed by atoms with van der Waals surface area (Å²) < 4.78 is 25.5. The molecule has 1 atom stereocenters. The van der Waals surface area contributed by atoms with Gasteiger partial charge in [-0.05, 0) is 43.9 Å². The van der Waals surface area contributed by atoms with Gasteiger partial charge in [-0.2, -0.15) is 10.4 Å². The minimum absolute atomic E-state index is 0.0332. The normalized spacial score (nSPS) is 16.0. The largest absolute Gasteiger partial charge is 0.389 e. The molecule has 1 heterocycles. The van der Waals surface area contributed by atoms with Gasteiger partial charge >= 0.3 is 0 Å². The average Bonchev–Trinajstić information content (AvgIpc) is 3.35. The first-order valence-corrected chi connectivity index (χ1v) is 12.7. The van der Waals surface area contributed by atoms with Gasteiger partial charge in [0, 0.05) is 18.5 Å². The predicted molar refractivity (Wildman–Crippen MR) is 121 cm³/mol. The Kier molecular flexibility index (Phi) is 7.06. The Morgan fingerprint density at radius 1 is 1.34 bits per heavy atom. The van der Waals surface area contributed by atoms with Gasteiger partial charge in [-0.25, -0.2) is 8.42 Å². The van der Waals surface area contributed by atoms with Crippen LogP contribution in [0.4, 0.5) is 5.82 Å². The van der Waals surface area contributed by atoms with Crippen molar-refractivity contribution in [2.24, 2.45) is 5.92 Å². The van der Waals surface area contributed by atoms with Crippen molar-refractivity contribution in [2.45, 2.75) is 68.9 Å². The third kappa shape index (κ3) is 6.17. The summed E-state index contributed by atoms with van der Waals surface area (Å²) in [5, 5.41) is 26.6. The van der Waals surface area contributed by atoms with Gasteiger partial charge in [0.05, 0.1) is 28.5 Å². The Hall–Kier alpha value is -2.70. The molecule has 1 fully saturated rings. The summed E-state index contributed by atoms with van der Waals surface area (Å²) in [6, 6.07) is 8.18. The van der Waals surface area contributed by atoms with E-state index >= 15 is 0 Å². The van der Waals surface area contributed by atoms with Crippen molar-refractivity contribution in [1.82, 2.24) is 9.78 Å². The molecule has 0 aliphatic heterocycles. The molecule has 1 aromatic carbocycles. The highest BCUT2D eigenvalue weighted by atomic mass is 32.2. The molecule has 1 amide bonds. The fourth-order valence-corrected chi connectivity index (χ4v) is 5.09. The molecule has 3 rings (SSSR count). The number of nitriles is 1. The van der Waals surface area contributed by atoms with Gasteiger partial charge in [0.15, 0.2) is 15.7 Å². The van der Waals surface area contributed by atoms with Crippen molar-refractivity contribution in [3.63, 3.8) is 0 Å². The quantitative estimate of drug-likeness (QED) is 0.626. The first-order chi connectivity index (χ1) is 15.0. The molecule has 1 unspecified atom stereocenters. The SMILES string of the molecule is CC(C)(O)Cn1ccc(NC(=O)C(CC2CCCC2)c2ccc(S(C)(=O)=O)c(C#N)c2)n1. The van der Waals surface area contributed by atoms with Gasteiger partial charge in [-0.15, -0.1) is 0 Å². The summed E-state index contributed by atoms with van der Waals surface area (Å²) >= 11 is 0. The molecule has 0 bridgehead atoms. The van der Waals surface area contributed by atoms with Crippen LogP contribution in [-0.4, -0.2) is 41.1 Å². The smallest absolute Gasteiger partial charge is 0.233 e. The fourth-order valence-electron chi connectivity index (χ4n) is 4.28. The molecule has 32 heavy (non-hydrogen) atoms. The number of nitrogens with one attached hydrogen (secondary N) is 1. The number of hydrogen-bond donors (Lipinski definition) is 2. The van der Waals surface area contributed by atoms with E-state index in [0.29, 0.717) is 23.7 Å². The Bertz CT molecular complexity index is 1120. The van der Waals surface area contributed by atoms with E-state index in [4.69, 9.17) is 0 Å². The Labute approximate surface area is 189 Å². The molecule has 1 aliphatic carbocycles. The minimum atomic E-state index is -3.55. The van der Waals surface area contributed by atoms with Gasteiger partial charge in [-0.3, -0.25) is 9.48 Å². The van der Waals surface area contributed by atoms with Gasteiger partial charge in [0.1, 0.15) is 6.07 Å². The van der Waals surface area contributed by atoms with Crippen LogP contribution in [0.2, 0.25) is 0 Å². The van der Waals surface area contributed by atoms with Gasteiger partial charge in [-0.1, -0.05) is 31.7 Å². The molecular formula is C23H30N4O4S. The second kappa shape index (κ2) is 9.43. The lowest BCUT2D eigenvalue weighted by Gasteiger charge is -2.21. The summed E-state index contributed by atoms with van der Waals surface area (Å²) in [7, 11) is -3.55. The summed E-state index contributed by atoms with van der Waals surface area (Å²) in [6.45, 7) is 3.64. The van der Waals surface area contributed by atoms with Crippen LogP contribution in [0, 0.1) is 17.2 Å². The molecule has 0 spiro atoms. The van der Waals surface area contributed by atoms with Crippen LogP contribution in [0.5, 0.6) is 0 Å². The van der Waals surface area contributed by atoms with Gasteiger partial charge in [0.25, 0.3) is 0 Å². The van der Waals surface area contributed by atoms with Gasteiger partial charge in [0.2, 0.25) is 5.91 Å². The number of aromatic nitrogens is 2. The lowest BCUT2D eigenvalue weighted by molar-refractivity contribution is -0.118. The molecule has 0 radical (unpaired) electrons. The fraction of sp³-hybridized carbons (Fsp3) is 0.522. The van der Waals surface area contributed by atoms with E-state index in [9.17, 15) is 23.6 Å². The van der Waals surface area contributed by atoms with Crippen molar-refractivity contribution in [3.05, 3.63) is 41.6 Å². The monoisotopic (exact) mass is 458 g/mol. The first kappa shape index (κ1) is 24.0. The van der Waals surface area contributed by atoms with Crippen LogP contribution >= 0.6 is 0 Å². The highest BCUT2D eigenvalue weighted by molar-refractivity contribution is 7.90. The second-order valence-electron chi connectivity index (χ2n) is 9.28. The van der Waals surface area contributed by atoms with Crippen LogP contribution in [-0.2, 0) is 21.2 Å². The zero-order valence-electron chi connectivity index (χ0n) is 18.7. The van der Waals surface area contributed by atoms with Crippen LogP contribution in [0.25, 0.3) is 0 Å². The van der Waals surface area contributed by atoms with E-state index < -0.39 is 21.4 Å². The van der Waals surface area contributed by atoms with E-state index in [1.54, 1.807) is 36.9 Å². The van der Waals surface area contributed by atoms with Crippen molar-refractivity contribution >= 4 is 21.6 Å². The molecule has 2 aromatic rings. The third-order valence-electron chi connectivity index (χ3n) is 5.73. The van der Waals surface area contributed by atoms with E-state index in [2.05, 4.69) is 10.4 Å². The standard InChI is InChI=1S/C23H30N4O4S/c1-23(2,29)15-27-11-10-21(26-27)25-22(28)19(12-16-6-4-5-7-16)17-8-9-20(32(3,30)31)18(13-17)14-24/h8-11,13,16,19,29H,4-7,12,15H2,1-3H3,(H,25,26,28). The van der Waals surface area contributed by atoms with Gasteiger partial charge < -0.3 is 10.4 Å². The van der Waals surface area contributed by atoms with Crippen LogP contribution in [0.1, 0.15) is 63.0 Å². The number of anilines is 1. The number of sulfone groups is 1. The molecule has 0 saturated heterocycles. The summed E-state index contributed by atoms with van der Waals surface area (Å²) in [5.74, 6) is 0.00203. The Morgan fingerprint density at radius 2 is 2.03 bits per heavy atom. The third-order valence-corrected chi connectivity index (χ3v) is 6.88. The Morgan fingerprint density at radius 3 is 2.62 bits per heavy atom. The maximum absolute atomic E-state index is 13.3. The zero-order chi connectivity index (χ0) is 23.5. The highest BCUT2D eigenvalue weighted by Gasteiger charge is 2.28. The van der Waals surface area contributed by atoms with E-state index in [1.165, 1.54) is 12.1 Å². The van der Waals surface area contributed by atoms with Crippen LogP contribution < -0.4 is 5.32 Å². The number of aliphatic hydroxyl groups is 1. The molecule has 9 heteroatoms. The van der Waals surface area contributed by atoms with Crippen LogP contribution in [0.15, 0.2) is 35.4 Å². The first-order valence-electron chi connectivity index (χ1n) is 10.8. The summed E-state index contributed by atoms with van der Waals surface area (Å²) in [5.41, 5.74) is -0.272. The number of amides is 1. The lowest BCUT2D eigenvalue weighted by Crippen LogP contribution is -2.27. The number of carbonyl (C=O) groups is 1. The minimum Gasteiger partial charge on any atom is -0.389 e. The molecular weight excluding hydrogens is 428 g/mol. The zero-order valence-corrected chi connectivity index (χ0v) is 19.5. The van der Waals surface area contributed by atoms with Crippen molar-refractivity contribution in [2.75, 3.05) is 11.6 Å². The van der Waals surface area contributed by atoms with E-state index in [-0.39, 0.29) is 22.9 Å². The number of carbonyl (C=O) groups excluding carboxylic acids is 1. The second-order valence-corrected chi connectivity index (χ2v) is 11.3. The molecule has 1 aromatic heterocycles. The van der Waals surface area contributed by atoms with E-state index in [1.807, 2.05) is 6.07 Å². The molecule has 8 nitrogen and oxygen atoms in total. The topological polar surface area (TPSA) is 125 Å². The average molecular weight is 459 g/mol. The maximum Gasteiger partial charge on any atom is 0.233 e. The Balaban J connectivity index is 1.87. The van der Waals surface area contributed by atoms with Crippen molar-refractivity contribution in [1.29, 1.82) is 5.26 Å². The number of benzene rings is 1. The lowest BCUT2D eigenvalue weighted by atomic mass is 9.86. The summed E-state index contributed by atoms with van der Waals surface area (Å²) in [4.78, 5) is 13.2. The predicted octanol–water partition coefficient (Wildman–Crippen LogP) is 3.23. The van der Waals surface area contributed by atoms with E-state index in [0.717, 1.165) is 31.9 Å². The molecule has 1 saturated carbocycles. The number of hydrogen-bond acceptors (Lipinski definition) is 6.